The standard InChI is InChI=1S/C19H28N2O2/c1-18(2,3)21(17(22)23)16(14-8-6-5-7-9-14)19-12-10-15(11-13-19)20(19)4/h5-9,15-16H,10-13H2,1-4H3,(H,22,23)/t15?,16-,19?/m1/s1. The molecule has 2 aliphatic heterocycles. The molecule has 4 nitrogen and oxygen atoms in total. The SMILES string of the molecule is CN1C2CCC1([C@@H](c1ccccc1)N(C(=O)O)C(C)(C)C)CC2. The molecule has 0 spiro atoms. The molecule has 0 aliphatic carbocycles. The smallest absolute Gasteiger partial charge is 0.408 e. The summed E-state index contributed by atoms with van der Waals surface area (Å²) >= 11 is 0. The first kappa shape index (κ1) is 16.3. The van der Waals surface area contributed by atoms with Gasteiger partial charge in [0.05, 0.1) is 6.04 Å². The Morgan fingerprint density at radius 1 is 1.26 bits per heavy atom. The molecule has 3 rings (SSSR count). The molecule has 1 amide bonds. The van der Waals surface area contributed by atoms with Crippen molar-refractivity contribution in [2.24, 2.45) is 0 Å². The van der Waals surface area contributed by atoms with Crippen molar-refractivity contribution in [3.05, 3.63) is 35.9 Å². The first-order valence-corrected chi connectivity index (χ1v) is 8.57. The summed E-state index contributed by atoms with van der Waals surface area (Å²) < 4.78 is 0. The minimum atomic E-state index is -0.829. The van der Waals surface area contributed by atoms with E-state index in [1.807, 2.05) is 39.0 Å². The second kappa shape index (κ2) is 5.52. The van der Waals surface area contributed by atoms with Crippen LogP contribution < -0.4 is 0 Å². The van der Waals surface area contributed by atoms with E-state index in [2.05, 4.69) is 24.1 Å². The fourth-order valence-electron chi connectivity index (χ4n) is 4.79. The van der Waals surface area contributed by atoms with Crippen LogP contribution in [0, 0.1) is 0 Å². The summed E-state index contributed by atoms with van der Waals surface area (Å²) in [4.78, 5) is 16.4. The van der Waals surface area contributed by atoms with Crippen LogP contribution in [0.3, 0.4) is 0 Å². The van der Waals surface area contributed by atoms with Crippen molar-refractivity contribution >= 4 is 6.09 Å². The molecule has 4 heteroatoms. The van der Waals surface area contributed by atoms with Gasteiger partial charge in [-0.3, -0.25) is 9.80 Å². The average Bonchev–Trinajstić information content (AvgIpc) is 2.97. The topological polar surface area (TPSA) is 43.8 Å². The molecule has 2 bridgehead atoms. The highest BCUT2D eigenvalue weighted by Gasteiger charge is 2.57. The third kappa shape index (κ3) is 2.53. The van der Waals surface area contributed by atoms with Crippen molar-refractivity contribution in [3.8, 4) is 0 Å². The number of benzene rings is 1. The lowest BCUT2D eigenvalue weighted by Gasteiger charge is -2.49. The Morgan fingerprint density at radius 2 is 1.83 bits per heavy atom. The van der Waals surface area contributed by atoms with Crippen molar-refractivity contribution in [2.75, 3.05) is 7.05 Å². The van der Waals surface area contributed by atoms with Crippen LogP contribution in [0.4, 0.5) is 4.79 Å². The van der Waals surface area contributed by atoms with Gasteiger partial charge < -0.3 is 5.11 Å². The highest BCUT2D eigenvalue weighted by molar-refractivity contribution is 5.67. The van der Waals surface area contributed by atoms with Crippen molar-refractivity contribution in [3.63, 3.8) is 0 Å². The van der Waals surface area contributed by atoms with Gasteiger partial charge >= 0.3 is 6.09 Å². The van der Waals surface area contributed by atoms with Crippen LogP contribution >= 0.6 is 0 Å². The number of amides is 1. The number of hydrogen-bond donors (Lipinski definition) is 1. The van der Waals surface area contributed by atoms with Gasteiger partial charge in [-0.2, -0.15) is 0 Å². The van der Waals surface area contributed by atoms with Crippen LogP contribution in [0.5, 0.6) is 0 Å². The summed E-state index contributed by atoms with van der Waals surface area (Å²) in [5.74, 6) is 0. The lowest BCUT2D eigenvalue weighted by molar-refractivity contribution is 0.00285. The van der Waals surface area contributed by atoms with E-state index in [0.29, 0.717) is 6.04 Å². The number of carbonyl (C=O) groups is 1. The molecule has 0 aromatic heterocycles. The Balaban J connectivity index is 2.14. The Kier molecular flexibility index (Phi) is 3.91. The lowest BCUT2D eigenvalue weighted by atomic mass is 9.76. The van der Waals surface area contributed by atoms with Crippen LogP contribution in [0.2, 0.25) is 0 Å². The number of rotatable bonds is 3. The van der Waals surface area contributed by atoms with Gasteiger partial charge in [-0.1, -0.05) is 30.3 Å². The predicted molar refractivity (Wildman–Crippen MR) is 91.5 cm³/mol. The van der Waals surface area contributed by atoms with E-state index in [1.54, 1.807) is 4.90 Å². The third-order valence-electron chi connectivity index (χ3n) is 5.88. The van der Waals surface area contributed by atoms with Gasteiger partial charge in [0, 0.05) is 17.1 Å². The summed E-state index contributed by atoms with van der Waals surface area (Å²) in [7, 11) is 2.18. The number of carboxylic acid groups (broad SMARTS) is 1. The van der Waals surface area contributed by atoms with Gasteiger partial charge in [0.1, 0.15) is 0 Å². The van der Waals surface area contributed by atoms with E-state index in [-0.39, 0.29) is 11.6 Å². The van der Waals surface area contributed by atoms with Crippen molar-refractivity contribution < 1.29 is 9.90 Å². The summed E-state index contributed by atoms with van der Waals surface area (Å²) in [5, 5.41) is 10.0. The maximum Gasteiger partial charge on any atom is 0.408 e. The summed E-state index contributed by atoms with van der Waals surface area (Å²) in [5.41, 5.74) is 0.597. The molecule has 1 aromatic carbocycles. The molecule has 2 aliphatic rings. The minimum absolute atomic E-state index is 0.0717. The highest BCUT2D eigenvalue weighted by atomic mass is 16.4. The van der Waals surface area contributed by atoms with Gasteiger partial charge in [0.25, 0.3) is 0 Å². The van der Waals surface area contributed by atoms with Gasteiger partial charge in [-0.05, 0) is 59.1 Å². The van der Waals surface area contributed by atoms with Crippen molar-refractivity contribution in [1.82, 2.24) is 9.80 Å². The summed E-state index contributed by atoms with van der Waals surface area (Å²) in [6, 6.07) is 10.7. The quantitative estimate of drug-likeness (QED) is 0.911. The first-order chi connectivity index (χ1) is 10.8. The van der Waals surface area contributed by atoms with E-state index in [4.69, 9.17) is 0 Å². The molecule has 1 aromatic rings. The second-order valence-electron chi connectivity index (χ2n) is 8.08. The largest absolute Gasteiger partial charge is 0.465 e. The predicted octanol–water partition coefficient (Wildman–Crippen LogP) is 4.13. The van der Waals surface area contributed by atoms with Gasteiger partial charge in [0.2, 0.25) is 0 Å². The monoisotopic (exact) mass is 316 g/mol. The zero-order chi connectivity index (χ0) is 16.8. The average molecular weight is 316 g/mol. The maximum absolute atomic E-state index is 12.2. The Bertz CT molecular complexity index is 571. The number of nitrogens with zero attached hydrogens (tertiary/aromatic N) is 2. The third-order valence-corrected chi connectivity index (χ3v) is 5.88. The number of hydrogen-bond acceptors (Lipinski definition) is 2. The van der Waals surface area contributed by atoms with E-state index >= 15 is 0 Å². The molecular weight excluding hydrogens is 288 g/mol. The Hall–Kier alpha value is -1.55. The molecule has 1 N–H and O–H groups in total. The minimum Gasteiger partial charge on any atom is -0.465 e. The van der Waals surface area contributed by atoms with Crippen LogP contribution in [-0.4, -0.2) is 45.2 Å². The molecule has 2 saturated heterocycles. The Labute approximate surface area is 139 Å². The molecule has 23 heavy (non-hydrogen) atoms. The van der Waals surface area contributed by atoms with E-state index in [1.165, 1.54) is 12.8 Å². The van der Waals surface area contributed by atoms with E-state index < -0.39 is 11.6 Å². The fourth-order valence-corrected chi connectivity index (χ4v) is 4.79. The zero-order valence-electron chi connectivity index (χ0n) is 14.6. The highest BCUT2D eigenvalue weighted by Crippen LogP contribution is 2.54. The molecule has 2 heterocycles. The van der Waals surface area contributed by atoms with Crippen molar-refractivity contribution in [2.45, 2.75) is 69.6 Å². The van der Waals surface area contributed by atoms with Crippen LogP contribution in [-0.2, 0) is 0 Å². The zero-order valence-corrected chi connectivity index (χ0v) is 14.6. The molecule has 0 radical (unpaired) electrons. The van der Waals surface area contributed by atoms with Gasteiger partial charge in [-0.15, -0.1) is 0 Å². The normalized spacial score (nSPS) is 28.8. The maximum atomic E-state index is 12.2. The summed E-state index contributed by atoms with van der Waals surface area (Å²) in [6.45, 7) is 5.99. The molecule has 1 atom stereocenters. The van der Waals surface area contributed by atoms with E-state index in [0.717, 1.165) is 18.4 Å². The van der Waals surface area contributed by atoms with Crippen molar-refractivity contribution in [1.29, 1.82) is 0 Å². The molecule has 126 valence electrons. The molecule has 2 fully saturated rings. The molecule has 0 saturated carbocycles. The molecule has 0 unspecified atom stereocenters. The lowest BCUT2D eigenvalue weighted by Crippen LogP contribution is -2.57. The second-order valence-corrected chi connectivity index (χ2v) is 8.08. The Morgan fingerprint density at radius 3 is 2.22 bits per heavy atom. The number of fused-ring (bicyclic) bond motifs is 2. The van der Waals surface area contributed by atoms with E-state index in [9.17, 15) is 9.90 Å². The number of likely N-dealkylation sites (N-methyl/N-ethyl adjacent to an activating group) is 1. The van der Waals surface area contributed by atoms with Crippen LogP contribution in [0.15, 0.2) is 30.3 Å². The fraction of sp³-hybridized carbons (Fsp3) is 0.632. The first-order valence-electron chi connectivity index (χ1n) is 8.57. The van der Waals surface area contributed by atoms with Crippen LogP contribution in [0.25, 0.3) is 0 Å². The van der Waals surface area contributed by atoms with Gasteiger partial charge in [0.15, 0.2) is 0 Å². The molecular formula is C19H28N2O2. The summed E-state index contributed by atoms with van der Waals surface area (Å²) in [6.07, 6.45) is 3.68. The van der Waals surface area contributed by atoms with Crippen LogP contribution in [0.1, 0.15) is 58.1 Å². The van der Waals surface area contributed by atoms with Gasteiger partial charge in [-0.25, -0.2) is 4.79 Å².